The lowest BCUT2D eigenvalue weighted by Gasteiger charge is -2.09. The molecule has 0 saturated heterocycles. The summed E-state index contributed by atoms with van der Waals surface area (Å²) < 4.78 is 4.75. The van der Waals surface area contributed by atoms with E-state index in [-0.39, 0.29) is 0 Å². The first kappa shape index (κ1) is 30.7. The van der Waals surface area contributed by atoms with E-state index in [1.165, 1.54) is 48.4 Å². The van der Waals surface area contributed by atoms with Gasteiger partial charge in [0.25, 0.3) is 0 Å². The van der Waals surface area contributed by atoms with Gasteiger partial charge in [-0.05, 0) is 77.7 Å². The number of para-hydroxylation sites is 2. The molecule has 2 aromatic heterocycles. The van der Waals surface area contributed by atoms with Gasteiger partial charge in [-0.2, -0.15) is 0 Å². The van der Waals surface area contributed by atoms with Crippen LogP contribution >= 0.6 is 11.3 Å². The second kappa shape index (κ2) is 12.8. The monoisotopic (exact) mass is 671 g/mol. The summed E-state index contributed by atoms with van der Waals surface area (Å²) in [4.78, 5) is 10.2. The molecule has 0 spiro atoms. The Morgan fingerprint density at radius 3 is 1.90 bits per heavy atom. The average molecular weight is 672 g/mol. The molecule has 2 heterocycles. The van der Waals surface area contributed by atoms with Crippen molar-refractivity contribution in [1.82, 2.24) is 4.57 Å². The van der Waals surface area contributed by atoms with Gasteiger partial charge in [0.1, 0.15) is 0 Å². The van der Waals surface area contributed by atoms with Crippen LogP contribution in [0.1, 0.15) is 23.6 Å². The van der Waals surface area contributed by atoms with E-state index in [9.17, 15) is 0 Å². The van der Waals surface area contributed by atoms with Crippen molar-refractivity contribution < 1.29 is 0 Å². The summed E-state index contributed by atoms with van der Waals surface area (Å²) in [7, 11) is 0. The molecule has 0 radical (unpaired) electrons. The standard InChI is InChI=1S/C47H33N3S/c1-31(33-15-6-3-7-16-33)48-47(49-32(2)34-17-8-4-9-18-34)40-23-14-22-39-42-30-36(26-28-45(42)51-46(39)40)35-25-27-44-41(29-35)38-21-12-13-24-43(38)50(44)37-19-10-5-11-20-37/h3-30H,1H2,2H3/b48-47-,49-32+. The summed E-state index contributed by atoms with van der Waals surface area (Å²) in [5.41, 5.74) is 10.6. The van der Waals surface area contributed by atoms with Crippen LogP contribution in [0.3, 0.4) is 0 Å². The second-order valence-electron chi connectivity index (χ2n) is 12.7. The molecule has 0 aliphatic rings. The first-order valence-corrected chi connectivity index (χ1v) is 17.9. The van der Waals surface area contributed by atoms with E-state index in [2.05, 4.69) is 132 Å². The van der Waals surface area contributed by atoms with Gasteiger partial charge in [0.2, 0.25) is 0 Å². The molecule has 9 rings (SSSR count). The lowest BCUT2D eigenvalue weighted by Crippen LogP contribution is -2.04. The molecular formula is C47H33N3S. The molecule has 0 atom stereocenters. The third kappa shape index (κ3) is 5.56. The highest BCUT2D eigenvalue weighted by Crippen LogP contribution is 2.40. The Balaban J connectivity index is 1.18. The molecule has 3 nitrogen and oxygen atoms in total. The molecule has 51 heavy (non-hydrogen) atoms. The highest BCUT2D eigenvalue weighted by molar-refractivity contribution is 7.26. The van der Waals surface area contributed by atoms with Crippen molar-refractivity contribution in [2.45, 2.75) is 6.92 Å². The van der Waals surface area contributed by atoms with Crippen LogP contribution in [0.15, 0.2) is 186 Å². The van der Waals surface area contributed by atoms with Gasteiger partial charge in [0.05, 0.1) is 16.7 Å². The van der Waals surface area contributed by atoms with Gasteiger partial charge in [-0.1, -0.05) is 128 Å². The van der Waals surface area contributed by atoms with E-state index in [1.807, 2.05) is 55.5 Å². The van der Waals surface area contributed by atoms with Gasteiger partial charge in [-0.3, -0.25) is 0 Å². The van der Waals surface area contributed by atoms with Crippen LogP contribution in [-0.4, -0.2) is 16.1 Å². The van der Waals surface area contributed by atoms with Crippen LogP contribution < -0.4 is 0 Å². The summed E-state index contributed by atoms with van der Waals surface area (Å²) in [5.74, 6) is 0.655. The zero-order chi connectivity index (χ0) is 34.3. The first-order valence-electron chi connectivity index (χ1n) is 17.1. The van der Waals surface area contributed by atoms with E-state index < -0.39 is 0 Å². The summed E-state index contributed by atoms with van der Waals surface area (Å²) in [5, 5.41) is 4.92. The average Bonchev–Trinajstić information content (AvgIpc) is 3.74. The Hall–Kier alpha value is -6.36. The van der Waals surface area contributed by atoms with Crippen molar-refractivity contribution in [3.8, 4) is 16.8 Å². The molecule has 0 bridgehead atoms. The van der Waals surface area contributed by atoms with E-state index in [1.54, 1.807) is 11.3 Å². The van der Waals surface area contributed by atoms with Gasteiger partial charge < -0.3 is 4.57 Å². The summed E-state index contributed by atoms with van der Waals surface area (Å²) in [6, 6.07) is 59.8. The molecule has 7 aromatic carbocycles. The number of rotatable bonds is 6. The van der Waals surface area contributed by atoms with E-state index >= 15 is 0 Å². The maximum Gasteiger partial charge on any atom is 0.161 e. The van der Waals surface area contributed by atoms with Crippen LogP contribution in [0.5, 0.6) is 0 Å². The minimum Gasteiger partial charge on any atom is -0.309 e. The number of amidine groups is 1. The third-order valence-corrected chi connectivity index (χ3v) is 10.8. The normalized spacial score (nSPS) is 12.3. The molecule has 0 fully saturated rings. The quantitative estimate of drug-likeness (QED) is 0.124. The predicted molar refractivity (Wildman–Crippen MR) is 220 cm³/mol. The number of hydrogen-bond acceptors (Lipinski definition) is 2. The predicted octanol–water partition coefficient (Wildman–Crippen LogP) is 12.7. The summed E-state index contributed by atoms with van der Waals surface area (Å²) in [6.07, 6.45) is 0. The highest BCUT2D eigenvalue weighted by Gasteiger charge is 2.17. The largest absolute Gasteiger partial charge is 0.309 e. The third-order valence-electron chi connectivity index (χ3n) is 9.57. The van der Waals surface area contributed by atoms with Crippen molar-refractivity contribution in [1.29, 1.82) is 0 Å². The topological polar surface area (TPSA) is 29.6 Å². The fourth-order valence-corrected chi connectivity index (χ4v) is 8.23. The Labute approximate surface area is 300 Å². The number of aliphatic imine (C=N–C) groups is 2. The maximum absolute atomic E-state index is 5.16. The smallest absolute Gasteiger partial charge is 0.161 e. The molecule has 0 amide bonds. The molecule has 0 aliphatic carbocycles. The van der Waals surface area contributed by atoms with Crippen molar-refractivity contribution in [2.75, 3.05) is 0 Å². The van der Waals surface area contributed by atoms with Crippen molar-refractivity contribution in [3.05, 3.63) is 193 Å². The first-order chi connectivity index (χ1) is 25.1. The molecule has 9 aromatic rings. The minimum absolute atomic E-state index is 0.655. The fourth-order valence-electron chi connectivity index (χ4n) is 7.03. The molecule has 0 unspecified atom stereocenters. The fraction of sp³-hybridized carbons (Fsp3) is 0.0213. The number of aromatic nitrogens is 1. The van der Waals surface area contributed by atoms with Crippen LogP contribution in [-0.2, 0) is 0 Å². The van der Waals surface area contributed by atoms with Crippen LogP contribution in [0.2, 0.25) is 0 Å². The van der Waals surface area contributed by atoms with E-state index in [0.29, 0.717) is 11.5 Å². The number of thiophene rings is 1. The lowest BCUT2D eigenvalue weighted by molar-refractivity contribution is 1.18. The number of benzene rings is 7. The maximum atomic E-state index is 5.16. The van der Waals surface area contributed by atoms with Gasteiger partial charge in [-0.25, -0.2) is 9.98 Å². The zero-order valence-corrected chi connectivity index (χ0v) is 28.9. The Morgan fingerprint density at radius 2 is 1.14 bits per heavy atom. The molecule has 0 aliphatic heterocycles. The Kier molecular flexibility index (Phi) is 7.72. The van der Waals surface area contributed by atoms with Gasteiger partial charge in [0.15, 0.2) is 5.84 Å². The van der Waals surface area contributed by atoms with Crippen LogP contribution in [0.4, 0.5) is 0 Å². The Bertz CT molecular complexity index is 2800. The molecular weight excluding hydrogens is 639 g/mol. The lowest BCUT2D eigenvalue weighted by atomic mass is 10.00. The van der Waals surface area contributed by atoms with Gasteiger partial charge in [0, 0.05) is 47.9 Å². The number of fused-ring (bicyclic) bond motifs is 6. The molecule has 242 valence electrons. The van der Waals surface area contributed by atoms with Gasteiger partial charge in [-0.15, -0.1) is 11.3 Å². The Morgan fingerprint density at radius 1 is 0.529 bits per heavy atom. The van der Waals surface area contributed by atoms with Crippen LogP contribution in [0.25, 0.3) is 64.5 Å². The van der Waals surface area contributed by atoms with E-state index in [4.69, 9.17) is 9.98 Å². The molecule has 0 saturated carbocycles. The molecule has 4 heteroatoms. The molecule has 0 N–H and O–H groups in total. The zero-order valence-electron chi connectivity index (χ0n) is 28.1. The van der Waals surface area contributed by atoms with Crippen molar-refractivity contribution >= 4 is 70.6 Å². The number of hydrogen-bond donors (Lipinski definition) is 0. The highest BCUT2D eigenvalue weighted by atomic mass is 32.1. The second-order valence-corrected chi connectivity index (χ2v) is 13.8. The summed E-state index contributed by atoms with van der Waals surface area (Å²) in [6.45, 7) is 6.39. The van der Waals surface area contributed by atoms with Crippen molar-refractivity contribution in [3.63, 3.8) is 0 Å². The van der Waals surface area contributed by atoms with Crippen molar-refractivity contribution in [2.24, 2.45) is 9.98 Å². The number of nitrogens with zero attached hydrogens (tertiary/aromatic N) is 3. The summed E-state index contributed by atoms with van der Waals surface area (Å²) >= 11 is 1.79. The van der Waals surface area contributed by atoms with Crippen LogP contribution in [0, 0.1) is 0 Å². The van der Waals surface area contributed by atoms with Gasteiger partial charge >= 0.3 is 0 Å². The minimum atomic E-state index is 0.655. The van der Waals surface area contributed by atoms with E-state index in [0.717, 1.165) is 32.8 Å². The SMILES string of the molecule is C=C(/N=C(\N=C(/C)c1ccccc1)c1cccc2c1sc1ccc(-c3ccc4c(c3)c3ccccc3n4-c3ccccc3)cc12)c1ccccc1.